The summed E-state index contributed by atoms with van der Waals surface area (Å²) in [5, 5.41) is 3.10. The number of aliphatic imine (C=N–C) groups is 1. The Hall–Kier alpha value is -1.71. The van der Waals surface area contributed by atoms with Gasteiger partial charge >= 0.3 is 0 Å². The van der Waals surface area contributed by atoms with E-state index in [0.717, 1.165) is 24.5 Å². The third kappa shape index (κ3) is 7.02. The van der Waals surface area contributed by atoms with Crippen LogP contribution < -0.4 is 15.8 Å². The van der Waals surface area contributed by atoms with Crippen LogP contribution >= 0.6 is 0 Å². The standard InChI is InChI=1S/C16H27N3O/c1-12(2)9-18-16(17)19-10-14-5-7-15(8-6-14)20-11-13(3)4/h5-8,12-13H,9-11H2,1-4H3,(H3,17,18,19). The molecule has 0 spiro atoms. The second-order valence-electron chi connectivity index (χ2n) is 5.83. The molecule has 20 heavy (non-hydrogen) atoms. The minimum atomic E-state index is 0.499. The average Bonchev–Trinajstić information content (AvgIpc) is 2.41. The first-order chi connectivity index (χ1) is 9.47. The van der Waals surface area contributed by atoms with Gasteiger partial charge in [-0.05, 0) is 29.5 Å². The zero-order valence-corrected chi connectivity index (χ0v) is 13.0. The van der Waals surface area contributed by atoms with Gasteiger partial charge in [-0.25, -0.2) is 4.99 Å². The van der Waals surface area contributed by atoms with Crippen molar-refractivity contribution >= 4 is 5.96 Å². The van der Waals surface area contributed by atoms with Gasteiger partial charge in [0.1, 0.15) is 5.75 Å². The Kier molecular flexibility index (Phi) is 6.91. The van der Waals surface area contributed by atoms with Crippen LogP contribution in [-0.4, -0.2) is 19.1 Å². The van der Waals surface area contributed by atoms with E-state index in [2.05, 4.69) is 38.0 Å². The quantitative estimate of drug-likeness (QED) is 0.595. The highest BCUT2D eigenvalue weighted by molar-refractivity contribution is 5.77. The Bertz CT molecular complexity index is 410. The van der Waals surface area contributed by atoms with E-state index >= 15 is 0 Å². The fourth-order valence-electron chi connectivity index (χ4n) is 1.50. The predicted octanol–water partition coefficient (Wildman–Crippen LogP) is 2.78. The van der Waals surface area contributed by atoms with Gasteiger partial charge in [0, 0.05) is 6.54 Å². The number of nitrogens with two attached hydrogens (primary N) is 1. The highest BCUT2D eigenvalue weighted by Crippen LogP contribution is 2.13. The van der Waals surface area contributed by atoms with Gasteiger partial charge in [0.2, 0.25) is 0 Å². The van der Waals surface area contributed by atoms with Crippen LogP contribution in [0.1, 0.15) is 33.3 Å². The zero-order chi connectivity index (χ0) is 15.0. The molecule has 0 aliphatic heterocycles. The van der Waals surface area contributed by atoms with Crippen molar-refractivity contribution in [1.29, 1.82) is 0 Å². The largest absolute Gasteiger partial charge is 0.493 e. The number of nitrogens with zero attached hydrogens (tertiary/aromatic N) is 1. The minimum Gasteiger partial charge on any atom is -0.493 e. The number of ether oxygens (including phenoxy) is 1. The molecule has 0 amide bonds. The fourth-order valence-corrected chi connectivity index (χ4v) is 1.50. The van der Waals surface area contributed by atoms with Crippen molar-refractivity contribution in [3.63, 3.8) is 0 Å². The summed E-state index contributed by atoms with van der Waals surface area (Å²) in [6.07, 6.45) is 0. The Morgan fingerprint density at radius 3 is 2.35 bits per heavy atom. The molecule has 0 radical (unpaired) electrons. The normalized spacial score (nSPS) is 12.0. The number of rotatable bonds is 7. The van der Waals surface area contributed by atoms with E-state index in [-0.39, 0.29) is 0 Å². The molecule has 1 aromatic rings. The van der Waals surface area contributed by atoms with Gasteiger partial charge < -0.3 is 15.8 Å². The molecule has 0 aliphatic carbocycles. The van der Waals surface area contributed by atoms with Crippen LogP contribution in [0.25, 0.3) is 0 Å². The van der Waals surface area contributed by atoms with Gasteiger partial charge in [0.05, 0.1) is 13.2 Å². The van der Waals surface area contributed by atoms with Crippen molar-refractivity contribution < 1.29 is 4.74 Å². The van der Waals surface area contributed by atoms with Crippen LogP contribution in [-0.2, 0) is 6.54 Å². The van der Waals surface area contributed by atoms with Crippen LogP contribution in [0.3, 0.4) is 0 Å². The first-order valence-electron chi connectivity index (χ1n) is 7.23. The van der Waals surface area contributed by atoms with Gasteiger partial charge in [-0.1, -0.05) is 39.8 Å². The van der Waals surface area contributed by atoms with Crippen LogP contribution in [0.4, 0.5) is 0 Å². The van der Waals surface area contributed by atoms with Crippen molar-refractivity contribution in [1.82, 2.24) is 5.32 Å². The predicted molar refractivity (Wildman–Crippen MR) is 84.9 cm³/mol. The Morgan fingerprint density at radius 1 is 1.15 bits per heavy atom. The maximum atomic E-state index is 5.79. The summed E-state index contributed by atoms with van der Waals surface area (Å²) in [6, 6.07) is 8.00. The first kappa shape index (κ1) is 16.3. The monoisotopic (exact) mass is 277 g/mol. The van der Waals surface area contributed by atoms with E-state index in [1.54, 1.807) is 0 Å². The lowest BCUT2D eigenvalue weighted by Crippen LogP contribution is -2.34. The maximum absolute atomic E-state index is 5.79. The molecule has 0 aliphatic rings. The molecule has 4 heteroatoms. The summed E-state index contributed by atoms with van der Waals surface area (Å²) in [7, 11) is 0. The lowest BCUT2D eigenvalue weighted by Gasteiger charge is -2.09. The minimum absolute atomic E-state index is 0.499. The Morgan fingerprint density at radius 2 is 1.80 bits per heavy atom. The lowest BCUT2D eigenvalue weighted by atomic mass is 10.2. The molecule has 0 bridgehead atoms. The summed E-state index contributed by atoms with van der Waals surface area (Å²) >= 11 is 0. The number of guanidine groups is 1. The SMILES string of the molecule is CC(C)CNC(N)=NCc1ccc(OCC(C)C)cc1. The molecule has 112 valence electrons. The molecule has 0 aromatic heterocycles. The van der Waals surface area contributed by atoms with Crippen molar-refractivity contribution in [2.24, 2.45) is 22.6 Å². The van der Waals surface area contributed by atoms with E-state index in [0.29, 0.717) is 24.3 Å². The number of benzene rings is 1. The van der Waals surface area contributed by atoms with E-state index in [1.165, 1.54) is 0 Å². The molecular formula is C16H27N3O. The molecular weight excluding hydrogens is 250 g/mol. The highest BCUT2D eigenvalue weighted by Gasteiger charge is 1.99. The average molecular weight is 277 g/mol. The summed E-state index contributed by atoms with van der Waals surface area (Å²) in [6.45, 7) is 10.7. The third-order valence-electron chi connectivity index (χ3n) is 2.63. The zero-order valence-electron chi connectivity index (χ0n) is 13.0. The van der Waals surface area contributed by atoms with Crippen molar-refractivity contribution in [2.45, 2.75) is 34.2 Å². The number of nitrogens with one attached hydrogen (secondary N) is 1. The molecule has 1 rings (SSSR count). The number of hydrogen-bond donors (Lipinski definition) is 2. The smallest absolute Gasteiger partial charge is 0.188 e. The molecule has 0 heterocycles. The Balaban J connectivity index is 2.42. The van der Waals surface area contributed by atoms with Crippen molar-refractivity contribution in [2.75, 3.05) is 13.2 Å². The van der Waals surface area contributed by atoms with E-state index in [9.17, 15) is 0 Å². The van der Waals surface area contributed by atoms with Crippen molar-refractivity contribution in [3.05, 3.63) is 29.8 Å². The lowest BCUT2D eigenvalue weighted by molar-refractivity contribution is 0.271. The topological polar surface area (TPSA) is 59.6 Å². The molecule has 0 fully saturated rings. The molecule has 0 saturated carbocycles. The molecule has 4 nitrogen and oxygen atoms in total. The van der Waals surface area contributed by atoms with E-state index < -0.39 is 0 Å². The molecule has 3 N–H and O–H groups in total. The Labute approximate surface area is 122 Å². The van der Waals surface area contributed by atoms with Crippen molar-refractivity contribution in [3.8, 4) is 5.75 Å². The number of hydrogen-bond acceptors (Lipinski definition) is 2. The van der Waals surface area contributed by atoms with Crippen LogP contribution in [0.5, 0.6) is 5.75 Å². The molecule has 0 atom stereocenters. The summed E-state index contributed by atoms with van der Waals surface area (Å²) < 4.78 is 5.64. The first-order valence-corrected chi connectivity index (χ1v) is 7.23. The van der Waals surface area contributed by atoms with Gasteiger partial charge in [0.15, 0.2) is 5.96 Å². The second kappa shape index (κ2) is 8.46. The molecule has 1 aromatic carbocycles. The summed E-state index contributed by atoms with van der Waals surface area (Å²) in [5.74, 6) is 2.49. The van der Waals surface area contributed by atoms with E-state index in [4.69, 9.17) is 10.5 Å². The van der Waals surface area contributed by atoms with Gasteiger partial charge in [-0.2, -0.15) is 0 Å². The summed E-state index contributed by atoms with van der Waals surface area (Å²) in [5.41, 5.74) is 6.92. The van der Waals surface area contributed by atoms with Crippen LogP contribution in [0.2, 0.25) is 0 Å². The van der Waals surface area contributed by atoms with Gasteiger partial charge in [-0.15, -0.1) is 0 Å². The maximum Gasteiger partial charge on any atom is 0.188 e. The van der Waals surface area contributed by atoms with Gasteiger partial charge in [0.25, 0.3) is 0 Å². The second-order valence-corrected chi connectivity index (χ2v) is 5.83. The van der Waals surface area contributed by atoms with Crippen LogP contribution in [0, 0.1) is 11.8 Å². The molecule has 0 unspecified atom stereocenters. The van der Waals surface area contributed by atoms with Crippen LogP contribution in [0.15, 0.2) is 29.3 Å². The van der Waals surface area contributed by atoms with E-state index in [1.807, 2.05) is 24.3 Å². The fraction of sp³-hybridized carbons (Fsp3) is 0.562. The summed E-state index contributed by atoms with van der Waals surface area (Å²) in [4.78, 5) is 4.31. The molecule has 0 saturated heterocycles. The highest BCUT2D eigenvalue weighted by atomic mass is 16.5. The van der Waals surface area contributed by atoms with Gasteiger partial charge in [-0.3, -0.25) is 0 Å². The third-order valence-corrected chi connectivity index (χ3v) is 2.63.